The highest BCUT2D eigenvalue weighted by molar-refractivity contribution is 5.71. The lowest BCUT2D eigenvalue weighted by Gasteiger charge is -2.12. The molecule has 0 aliphatic rings. The maximum atomic E-state index is 11.6. The minimum atomic E-state index is -0.460. The van der Waals surface area contributed by atoms with Crippen molar-refractivity contribution in [3.63, 3.8) is 0 Å². The predicted octanol–water partition coefficient (Wildman–Crippen LogP) is 3.62. The highest BCUT2D eigenvalue weighted by atomic mass is 16.5. The van der Waals surface area contributed by atoms with Gasteiger partial charge in [0, 0.05) is 6.07 Å². The Morgan fingerprint density at radius 3 is 2.20 bits per heavy atom. The molecule has 6 heteroatoms. The monoisotopic (exact) mass is 346 g/mol. The molecule has 2 aromatic rings. The van der Waals surface area contributed by atoms with Gasteiger partial charge in [-0.3, -0.25) is 0 Å². The fourth-order valence-electron chi connectivity index (χ4n) is 2.23. The number of hydrogen-bond donors (Lipinski definition) is 0. The molecule has 0 radical (unpaired) electrons. The Hall–Kier alpha value is -2.89. The second-order valence-electron chi connectivity index (χ2n) is 5.15. The molecular formula is C19H22O6. The van der Waals surface area contributed by atoms with Crippen molar-refractivity contribution >= 4 is 12.2 Å². The zero-order valence-corrected chi connectivity index (χ0v) is 14.8. The molecule has 0 fully saturated rings. The van der Waals surface area contributed by atoms with Gasteiger partial charge < -0.3 is 23.4 Å². The Kier molecular flexibility index (Phi) is 6.51. The zero-order chi connectivity index (χ0) is 18.2. The van der Waals surface area contributed by atoms with E-state index in [1.807, 2.05) is 6.92 Å². The predicted molar refractivity (Wildman–Crippen MR) is 95.8 cm³/mol. The molecule has 0 N–H and O–H groups in total. The second kappa shape index (κ2) is 8.82. The first-order valence-electron chi connectivity index (χ1n) is 7.87. The van der Waals surface area contributed by atoms with E-state index in [0.717, 1.165) is 12.0 Å². The normalized spacial score (nSPS) is 10.7. The summed E-state index contributed by atoms with van der Waals surface area (Å²) in [6, 6.07) is 6.60. The molecule has 0 aliphatic heterocycles. The third-order valence-electron chi connectivity index (χ3n) is 3.36. The molecule has 1 aromatic carbocycles. The average molecular weight is 346 g/mol. The summed E-state index contributed by atoms with van der Waals surface area (Å²) in [6.07, 6.45) is 4.32. The highest BCUT2D eigenvalue weighted by Gasteiger charge is 2.12. The number of benzene rings is 1. The third-order valence-corrected chi connectivity index (χ3v) is 3.36. The van der Waals surface area contributed by atoms with E-state index in [9.17, 15) is 4.79 Å². The average Bonchev–Trinajstić information content (AvgIpc) is 2.63. The Balaban J connectivity index is 2.32. The first kappa shape index (κ1) is 18.4. The smallest absolute Gasteiger partial charge is 0.339 e. The van der Waals surface area contributed by atoms with E-state index in [-0.39, 0.29) is 0 Å². The third kappa shape index (κ3) is 4.79. The van der Waals surface area contributed by atoms with Crippen LogP contribution in [0.5, 0.6) is 23.0 Å². The second-order valence-corrected chi connectivity index (χ2v) is 5.15. The van der Waals surface area contributed by atoms with Gasteiger partial charge in [-0.15, -0.1) is 0 Å². The molecule has 1 heterocycles. The first-order valence-corrected chi connectivity index (χ1v) is 7.87. The molecule has 134 valence electrons. The topological polar surface area (TPSA) is 67.1 Å². The van der Waals surface area contributed by atoms with Gasteiger partial charge in [-0.25, -0.2) is 4.79 Å². The van der Waals surface area contributed by atoms with Gasteiger partial charge in [0.05, 0.1) is 34.0 Å². The standard InChI is InChI=1S/C19H22O6/c1-5-8-24-15-11-14(25-18(20)12-15)7-6-13-9-16(21-2)19(23-4)17(10-13)22-3/h6-7,9-12H,5,8H2,1-4H3/b7-6+. The summed E-state index contributed by atoms with van der Waals surface area (Å²) >= 11 is 0. The van der Waals surface area contributed by atoms with Gasteiger partial charge in [0.25, 0.3) is 0 Å². The first-order chi connectivity index (χ1) is 12.1. The van der Waals surface area contributed by atoms with Gasteiger partial charge in [0.2, 0.25) is 5.75 Å². The van der Waals surface area contributed by atoms with E-state index in [0.29, 0.717) is 35.4 Å². The van der Waals surface area contributed by atoms with Gasteiger partial charge in [0.15, 0.2) is 11.5 Å². The molecule has 0 saturated carbocycles. The minimum Gasteiger partial charge on any atom is -0.493 e. The molecule has 0 amide bonds. The van der Waals surface area contributed by atoms with Gasteiger partial charge in [-0.1, -0.05) is 13.0 Å². The molecule has 6 nitrogen and oxygen atoms in total. The van der Waals surface area contributed by atoms with Crippen LogP contribution in [-0.4, -0.2) is 27.9 Å². The van der Waals surface area contributed by atoms with E-state index in [1.165, 1.54) is 6.07 Å². The summed E-state index contributed by atoms with van der Waals surface area (Å²) in [7, 11) is 4.66. The van der Waals surface area contributed by atoms with E-state index in [1.54, 1.807) is 51.7 Å². The number of rotatable bonds is 8. The molecular weight excluding hydrogens is 324 g/mol. The van der Waals surface area contributed by atoms with Crippen molar-refractivity contribution in [1.82, 2.24) is 0 Å². The van der Waals surface area contributed by atoms with Gasteiger partial charge in [0.1, 0.15) is 11.5 Å². The molecule has 1 aromatic heterocycles. The van der Waals surface area contributed by atoms with Gasteiger partial charge in [-0.2, -0.15) is 0 Å². The maximum absolute atomic E-state index is 11.6. The van der Waals surface area contributed by atoms with Crippen LogP contribution in [0, 0.1) is 0 Å². The molecule has 0 bridgehead atoms. The van der Waals surface area contributed by atoms with Crippen molar-refractivity contribution in [3.05, 3.63) is 46.0 Å². The summed E-state index contributed by atoms with van der Waals surface area (Å²) in [5.41, 5.74) is 0.343. The Morgan fingerprint density at radius 2 is 1.64 bits per heavy atom. The quantitative estimate of drug-likeness (QED) is 0.727. The number of methoxy groups -OCH3 is 3. The Morgan fingerprint density at radius 1 is 0.960 bits per heavy atom. The maximum Gasteiger partial charge on any atom is 0.339 e. The van der Waals surface area contributed by atoms with E-state index in [2.05, 4.69) is 0 Å². The summed E-state index contributed by atoms with van der Waals surface area (Å²) in [5, 5.41) is 0. The van der Waals surface area contributed by atoms with E-state index >= 15 is 0 Å². The lowest BCUT2D eigenvalue weighted by molar-refractivity contribution is 0.312. The van der Waals surface area contributed by atoms with Crippen LogP contribution in [0.3, 0.4) is 0 Å². The number of hydrogen-bond acceptors (Lipinski definition) is 6. The van der Waals surface area contributed by atoms with Crippen LogP contribution in [0.4, 0.5) is 0 Å². The van der Waals surface area contributed by atoms with Crippen molar-refractivity contribution in [2.45, 2.75) is 13.3 Å². The fraction of sp³-hybridized carbons (Fsp3) is 0.316. The van der Waals surface area contributed by atoms with Crippen LogP contribution in [0.15, 0.2) is 33.5 Å². The molecule has 0 aliphatic carbocycles. The number of ether oxygens (including phenoxy) is 4. The lowest BCUT2D eigenvalue weighted by atomic mass is 10.1. The molecule has 0 saturated heterocycles. The SMILES string of the molecule is CCCOc1cc(/C=C/c2cc(OC)c(OC)c(OC)c2)oc(=O)c1. The summed E-state index contributed by atoms with van der Waals surface area (Å²) in [6.45, 7) is 2.54. The van der Waals surface area contributed by atoms with Crippen LogP contribution < -0.4 is 24.6 Å². The fourth-order valence-corrected chi connectivity index (χ4v) is 2.23. The highest BCUT2D eigenvalue weighted by Crippen LogP contribution is 2.38. The van der Waals surface area contributed by atoms with Crippen molar-refractivity contribution in [1.29, 1.82) is 0 Å². The van der Waals surface area contributed by atoms with Gasteiger partial charge >= 0.3 is 5.63 Å². The van der Waals surface area contributed by atoms with Gasteiger partial charge in [-0.05, 0) is 30.2 Å². The van der Waals surface area contributed by atoms with Crippen molar-refractivity contribution in [3.8, 4) is 23.0 Å². The molecule has 25 heavy (non-hydrogen) atoms. The Labute approximate surface area is 146 Å². The largest absolute Gasteiger partial charge is 0.493 e. The van der Waals surface area contributed by atoms with Crippen LogP contribution >= 0.6 is 0 Å². The molecule has 2 rings (SSSR count). The van der Waals surface area contributed by atoms with Crippen LogP contribution in [0.2, 0.25) is 0 Å². The van der Waals surface area contributed by atoms with Crippen LogP contribution in [0.25, 0.3) is 12.2 Å². The van der Waals surface area contributed by atoms with E-state index < -0.39 is 5.63 Å². The van der Waals surface area contributed by atoms with Crippen LogP contribution in [0.1, 0.15) is 24.7 Å². The summed E-state index contributed by atoms with van der Waals surface area (Å²) < 4.78 is 26.6. The lowest BCUT2D eigenvalue weighted by Crippen LogP contribution is -2.02. The van der Waals surface area contributed by atoms with Crippen molar-refractivity contribution in [2.75, 3.05) is 27.9 Å². The zero-order valence-electron chi connectivity index (χ0n) is 14.8. The van der Waals surface area contributed by atoms with Crippen molar-refractivity contribution in [2.24, 2.45) is 0 Å². The molecule has 0 atom stereocenters. The molecule has 0 spiro atoms. The summed E-state index contributed by atoms with van der Waals surface area (Å²) in [4.78, 5) is 11.6. The summed E-state index contributed by atoms with van der Waals surface area (Å²) in [5.74, 6) is 2.49. The van der Waals surface area contributed by atoms with E-state index in [4.69, 9.17) is 23.4 Å². The Bertz CT molecular complexity index is 766. The van der Waals surface area contributed by atoms with Crippen molar-refractivity contribution < 1.29 is 23.4 Å². The molecule has 0 unspecified atom stereocenters. The van der Waals surface area contributed by atoms with Crippen LogP contribution in [-0.2, 0) is 0 Å². The minimum absolute atomic E-state index is 0.396.